The zero-order valence-corrected chi connectivity index (χ0v) is 17.8. The molecule has 2 aliphatic rings. The summed E-state index contributed by atoms with van der Waals surface area (Å²) < 4.78 is 15.9. The van der Waals surface area contributed by atoms with Gasteiger partial charge < -0.3 is 10.6 Å². The molecule has 2 amide bonds. The zero-order valence-electron chi connectivity index (χ0n) is 17.0. The second-order valence-corrected chi connectivity index (χ2v) is 8.32. The van der Waals surface area contributed by atoms with E-state index in [-0.39, 0.29) is 18.3 Å². The fraction of sp³-hybridized carbons (Fsp3) is 0.286. The van der Waals surface area contributed by atoms with Crippen molar-refractivity contribution in [1.82, 2.24) is 24.9 Å². The summed E-state index contributed by atoms with van der Waals surface area (Å²) in [7, 11) is 0. The van der Waals surface area contributed by atoms with Gasteiger partial charge in [-0.25, -0.2) is 4.39 Å². The lowest BCUT2D eigenvalue weighted by atomic mass is 10.1. The van der Waals surface area contributed by atoms with E-state index in [2.05, 4.69) is 31.0 Å². The maximum absolute atomic E-state index is 14.3. The first kappa shape index (κ1) is 20.4. The number of halogens is 2. The number of nitrogens with one attached hydrogen (secondary N) is 3. The Hall–Kier alpha value is -3.53. The maximum atomic E-state index is 14.3. The van der Waals surface area contributed by atoms with E-state index >= 15 is 0 Å². The van der Waals surface area contributed by atoms with Crippen LogP contribution < -0.4 is 16.0 Å². The Bertz CT molecular complexity index is 1280. The zero-order chi connectivity index (χ0) is 22.4. The van der Waals surface area contributed by atoms with Crippen molar-refractivity contribution in [2.24, 2.45) is 0 Å². The number of carbonyl (C=O) groups excluding carboxylic acids is 2. The monoisotopic (exact) mass is 455 g/mol. The first-order chi connectivity index (χ1) is 15.4. The van der Waals surface area contributed by atoms with Gasteiger partial charge in [0.15, 0.2) is 5.65 Å². The molecule has 9 nitrogen and oxygen atoms in total. The highest BCUT2D eigenvalue weighted by molar-refractivity contribution is 6.30. The number of aromatic nitrogens is 4. The lowest BCUT2D eigenvalue weighted by molar-refractivity contribution is -0.124. The lowest BCUT2D eigenvalue weighted by Crippen LogP contribution is -2.19. The topological polar surface area (TPSA) is 113 Å². The van der Waals surface area contributed by atoms with Crippen molar-refractivity contribution in [3.8, 4) is 0 Å². The van der Waals surface area contributed by atoms with Crippen LogP contribution in [0.2, 0.25) is 5.02 Å². The van der Waals surface area contributed by atoms with E-state index in [9.17, 15) is 14.0 Å². The van der Waals surface area contributed by atoms with Gasteiger partial charge in [-0.1, -0.05) is 11.6 Å². The summed E-state index contributed by atoms with van der Waals surface area (Å²) in [5, 5.41) is 13.5. The van der Waals surface area contributed by atoms with E-state index in [1.54, 1.807) is 29.8 Å². The SMILES string of the molecule is C[C@@H](Nc1nc(NC2CC2)n2ncc(/C=C3\CC(=O)NC3=O)c2n1)c1cc(Cl)ccc1F. The van der Waals surface area contributed by atoms with Crippen molar-refractivity contribution >= 4 is 47.0 Å². The predicted molar refractivity (Wildman–Crippen MR) is 117 cm³/mol. The molecule has 0 bridgehead atoms. The Morgan fingerprint density at radius 3 is 2.84 bits per heavy atom. The summed E-state index contributed by atoms with van der Waals surface area (Å²) in [6, 6.07) is 4.19. The highest BCUT2D eigenvalue weighted by Crippen LogP contribution is 2.28. The van der Waals surface area contributed by atoms with Crippen molar-refractivity contribution < 1.29 is 14.0 Å². The van der Waals surface area contributed by atoms with Gasteiger partial charge in [0, 0.05) is 27.8 Å². The molecule has 0 radical (unpaired) electrons. The number of rotatable bonds is 6. The molecule has 2 fully saturated rings. The van der Waals surface area contributed by atoms with Crippen LogP contribution in [0.5, 0.6) is 0 Å². The molecule has 3 N–H and O–H groups in total. The molecule has 164 valence electrons. The summed E-state index contributed by atoms with van der Waals surface area (Å²) in [5.41, 5.74) is 1.73. The molecule has 1 aliphatic carbocycles. The molecule has 32 heavy (non-hydrogen) atoms. The van der Waals surface area contributed by atoms with Crippen LogP contribution in [0, 0.1) is 5.82 Å². The average molecular weight is 456 g/mol. The van der Waals surface area contributed by atoms with Gasteiger partial charge in [-0.15, -0.1) is 0 Å². The number of hydrogen-bond acceptors (Lipinski definition) is 7. The molecule has 1 saturated carbocycles. The molecule has 1 aromatic carbocycles. The van der Waals surface area contributed by atoms with Crippen LogP contribution in [0.25, 0.3) is 11.7 Å². The molecule has 0 spiro atoms. The van der Waals surface area contributed by atoms with Gasteiger partial charge in [0.05, 0.1) is 18.7 Å². The van der Waals surface area contributed by atoms with Crippen LogP contribution >= 0.6 is 11.6 Å². The summed E-state index contributed by atoms with van der Waals surface area (Å²) >= 11 is 6.03. The molecule has 1 aliphatic heterocycles. The third-order valence-electron chi connectivity index (χ3n) is 5.30. The first-order valence-electron chi connectivity index (χ1n) is 10.2. The quantitative estimate of drug-likeness (QED) is 0.386. The van der Waals surface area contributed by atoms with E-state index in [4.69, 9.17) is 11.6 Å². The van der Waals surface area contributed by atoms with E-state index in [0.717, 1.165) is 12.8 Å². The normalized spacial score (nSPS) is 18.3. The van der Waals surface area contributed by atoms with Crippen molar-refractivity contribution in [3.05, 3.63) is 51.9 Å². The second-order valence-electron chi connectivity index (χ2n) is 7.88. The van der Waals surface area contributed by atoms with Crippen LogP contribution in [-0.4, -0.2) is 37.4 Å². The van der Waals surface area contributed by atoms with Crippen molar-refractivity contribution in [2.45, 2.75) is 38.3 Å². The van der Waals surface area contributed by atoms with E-state index < -0.39 is 17.8 Å². The van der Waals surface area contributed by atoms with Crippen LogP contribution in [0.4, 0.5) is 16.3 Å². The average Bonchev–Trinajstić information content (AvgIpc) is 3.38. The number of anilines is 2. The van der Waals surface area contributed by atoms with Gasteiger partial charge in [0.25, 0.3) is 5.91 Å². The van der Waals surface area contributed by atoms with Crippen LogP contribution in [0.3, 0.4) is 0 Å². The van der Waals surface area contributed by atoms with Gasteiger partial charge in [-0.3, -0.25) is 14.9 Å². The molecule has 3 heterocycles. The Balaban J connectivity index is 1.53. The van der Waals surface area contributed by atoms with Gasteiger partial charge >= 0.3 is 0 Å². The van der Waals surface area contributed by atoms with Gasteiger partial charge in [-0.2, -0.15) is 19.6 Å². The van der Waals surface area contributed by atoms with E-state index in [1.165, 1.54) is 12.1 Å². The first-order valence-corrected chi connectivity index (χ1v) is 10.5. The molecule has 2 aromatic heterocycles. The summed E-state index contributed by atoms with van der Waals surface area (Å²) in [6.07, 6.45) is 5.22. The minimum atomic E-state index is -0.465. The number of nitrogens with zero attached hydrogens (tertiary/aromatic N) is 4. The predicted octanol–water partition coefficient (Wildman–Crippen LogP) is 3.09. The smallest absolute Gasteiger partial charge is 0.254 e. The number of imide groups is 1. The Morgan fingerprint density at radius 2 is 2.12 bits per heavy atom. The summed E-state index contributed by atoms with van der Waals surface area (Å²) in [6.45, 7) is 1.78. The minimum Gasteiger partial charge on any atom is -0.351 e. The van der Waals surface area contributed by atoms with Gasteiger partial charge in [0.1, 0.15) is 5.82 Å². The number of benzene rings is 1. The van der Waals surface area contributed by atoms with E-state index in [0.29, 0.717) is 39.4 Å². The highest BCUT2D eigenvalue weighted by atomic mass is 35.5. The van der Waals surface area contributed by atoms with Crippen LogP contribution in [0.15, 0.2) is 30.0 Å². The Morgan fingerprint density at radius 1 is 1.31 bits per heavy atom. The number of carbonyl (C=O) groups is 2. The number of fused-ring (bicyclic) bond motifs is 1. The minimum absolute atomic E-state index is 0.00459. The largest absolute Gasteiger partial charge is 0.351 e. The summed E-state index contributed by atoms with van der Waals surface area (Å²) in [4.78, 5) is 32.6. The Kier molecular flexibility index (Phi) is 5.01. The van der Waals surface area contributed by atoms with E-state index in [1.807, 2.05) is 0 Å². The molecular formula is C21H19ClFN7O2. The fourth-order valence-corrected chi connectivity index (χ4v) is 3.67. The van der Waals surface area contributed by atoms with Crippen LogP contribution in [0.1, 0.15) is 43.4 Å². The molecule has 1 saturated heterocycles. The number of amides is 2. The second kappa shape index (κ2) is 7.86. The van der Waals surface area contributed by atoms with Gasteiger partial charge in [-0.05, 0) is 44.0 Å². The van der Waals surface area contributed by atoms with Crippen molar-refractivity contribution in [2.75, 3.05) is 10.6 Å². The molecule has 11 heteroatoms. The molecular weight excluding hydrogens is 437 g/mol. The molecule has 5 rings (SSSR count). The van der Waals surface area contributed by atoms with Gasteiger partial charge in [0.2, 0.25) is 17.8 Å². The molecule has 3 aromatic rings. The maximum Gasteiger partial charge on any atom is 0.254 e. The summed E-state index contributed by atoms with van der Waals surface area (Å²) in [5.74, 6) is -0.417. The number of hydrogen-bond donors (Lipinski definition) is 3. The molecule has 0 unspecified atom stereocenters. The third-order valence-corrected chi connectivity index (χ3v) is 5.54. The molecule has 1 atom stereocenters. The van der Waals surface area contributed by atoms with Crippen molar-refractivity contribution in [1.29, 1.82) is 0 Å². The van der Waals surface area contributed by atoms with Crippen LogP contribution in [-0.2, 0) is 9.59 Å². The highest BCUT2D eigenvalue weighted by Gasteiger charge is 2.26. The third kappa shape index (κ3) is 4.01. The fourth-order valence-electron chi connectivity index (χ4n) is 3.49. The Labute approximate surface area is 187 Å². The van der Waals surface area contributed by atoms with Crippen molar-refractivity contribution in [3.63, 3.8) is 0 Å². The standard InChI is InChI=1S/C21H19ClFN7O2/c1-10(15-8-13(22)2-5-16(15)23)25-20-28-18-12(6-11-7-17(31)27-19(11)32)9-24-30(18)21(29-20)26-14-3-4-14/h2,5-6,8-10,14H,3-4,7H2,1H3,(H,27,31,32)(H2,25,26,28,29)/b11-6+/t10-/m1/s1. The lowest BCUT2D eigenvalue weighted by Gasteiger charge is -2.16.